The molecule has 3 aliphatic rings. The Bertz CT molecular complexity index is 797. The van der Waals surface area contributed by atoms with Crippen LogP contribution in [0.4, 0.5) is 4.39 Å². The molecule has 1 unspecified atom stereocenters. The number of halogens is 1. The number of rotatable bonds is 4. The van der Waals surface area contributed by atoms with Crippen LogP contribution in [-0.4, -0.2) is 53.0 Å². The summed E-state index contributed by atoms with van der Waals surface area (Å²) in [6, 6.07) is 4.78. The Hall–Kier alpha value is -1.95. The highest BCUT2D eigenvalue weighted by atomic mass is 19.1. The minimum absolute atomic E-state index is 0.168. The third-order valence-corrected chi connectivity index (χ3v) is 7.28. The normalized spacial score (nSPS) is 25.8. The summed E-state index contributed by atoms with van der Waals surface area (Å²) in [5.41, 5.74) is 1.49. The fraction of sp³-hybridized carbons (Fsp3) is 0.636. The van der Waals surface area contributed by atoms with E-state index in [2.05, 4.69) is 4.90 Å². The van der Waals surface area contributed by atoms with E-state index in [1.54, 1.807) is 6.07 Å². The smallest absolute Gasteiger partial charge is 0.308 e. The van der Waals surface area contributed by atoms with E-state index in [1.165, 1.54) is 12.1 Å². The Labute approximate surface area is 165 Å². The van der Waals surface area contributed by atoms with E-state index < -0.39 is 11.9 Å². The Morgan fingerprint density at radius 2 is 1.89 bits per heavy atom. The molecule has 2 saturated heterocycles. The van der Waals surface area contributed by atoms with Crippen LogP contribution in [0.1, 0.15) is 43.7 Å². The summed E-state index contributed by atoms with van der Waals surface area (Å²) < 4.78 is 13.4. The summed E-state index contributed by atoms with van der Waals surface area (Å²) >= 11 is 0. The second-order valence-corrected chi connectivity index (χ2v) is 9.35. The van der Waals surface area contributed by atoms with E-state index in [0.717, 1.165) is 43.4 Å². The van der Waals surface area contributed by atoms with Gasteiger partial charge in [0.05, 0.1) is 5.92 Å². The molecule has 2 aliphatic heterocycles. The maximum absolute atomic E-state index is 13.4. The number of hydrogen-bond donors (Lipinski definition) is 1. The number of hydrogen-bond acceptors (Lipinski definition) is 3. The van der Waals surface area contributed by atoms with Gasteiger partial charge in [-0.2, -0.15) is 0 Å². The molecule has 3 fully saturated rings. The van der Waals surface area contributed by atoms with E-state index in [1.807, 2.05) is 18.7 Å². The molecule has 0 aromatic heterocycles. The molecule has 152 valence electrons. The highest BCUT2D eigenvalue weighted by Gasteiger charge is 2.53. The number of carbonyl (C=O) groups is 2. The Morgan fingerprint density at radius 1 is 1.21 bits per heavy atom. The second-order valence-electron chi connectivity index (χ2n) is 9.35. The average molecular weight is 388 g/mol. The molecule has 28 heavy (non-hydrogen) atoms. The lowest BCUT2D eigenvalue weighted by Crippen LogP contribution is -2.49. The van der Waals surface area contributed by atoms with Crippen LogP contribution in [0.15, 0.2) is 18.2 Å². The predicted octanol–water partition coefficient (Wildman–Crippen LogP) is 3.06. The van der Waals surface area contributed by atoms with Gasteiger partial charge in [0.15, 0.2) is 0 Å². The first-order valence-electron chi connectivity index (χ1n) is 10.2. The molecule has 1 atom stereocenters. The molecule has 0 bridgehead atoms. The standard InChI is InChI=1S/C22H29FN2O3/c1-15-11-17(23)4-3-16(15)12-24-13-18(19(26)27)22(14-24)7-9-25(10-8-22)20(28)21(2)5-6-21/h3-4,11,18H,5-10,12-14H2,1-2H3,(H,26,27). The van der Waals surface area contributed by atoms with Crippen molar-refractivity contribution in [1.29, 1.82) is 0 Å². The van der Waals surface area contributed by atoms with Crippen LogP contribution in [-0.2, 0) is 16.1 Å². The quantitative estimate of drug-likeness (QED) is 0.861. The van der Waals surface area contributed by atoms with Crippen LogP contribution in [0.2, 0.25) is 0 Å². The molecule has 1 spiro atoms. The van der Waals surface area contributed by atoms with Crippen molar-refractivity contribution in [2.24, 2.45) is 16.7 Å². The van der Waals surface area contributed by atoms with Gasteiger partial charge >= 0.3 is 5.97 Å². The van der Waals surface area contributed by atoms with Gasteiger partial charge in [0, 0.05) is 43.6 Å². The maximum atomic E-state index is 13.4. The molecule has 1 aliphatic carbocycles. The Balaban J connectivity index is 1.46. The van der Waals surface area contributed by atoms with Gasteiger partial charge in [-0.05, 0) is 55.9 Å². The van der Waals surface area contributed by atoms with Crippen molar-refractivity contribution in [3.05, 3.63) is 35.1 Å². The molecule has 1 aromatic carbocycles. The fourth-order valence-corrected chi connectivity index (χ4v) is 5.05. The van der Waals surface area contributed by atoms with E-state index in [4.69, 9.17) is 0 Å². The zero-order valence-electron chi connectivity index (χ0n) is 16.7. The van der Waals surface area contributed by atoms with E-state index in [0.29, 0.717) is 26.2 Å². The minimum atomic E-state index is -0.743. The number of carboxylic acids is 1. The molecular formula is C22H29FN2O3. The predicted molar refractivity (Wildman–Crippen MR) is 103 cm³/mol. The summed E-state index contributed by atoms with van der Waals surface area (Å²) in [4.78, 5) is 28.8. The van der Waals surface area contributed by atoms with Gasteiger partial charge in [0.2, 0.25) is 5.91 Å². The van der Waals surface area contributed by atoms with Crippen LogP contribution in [0.3, 0.4) is 0 Å². The van der Waals surface area contributed by atoms with Gasteiger partial charge in [-0.25, -0.2) is 4.39 Å². The number of amides is 1. The van der Waals surface area contributed by atoms with Gasteiger partial charge in [-0.3, -0.25) is 14.5 Å². The van der Waals surface area contributed by atoms with E-state index in [-0.39, 0.29) is 22.6 Å². The van der Waals surface area contributed by atoms with Crippen LogP contribution in [0.25, 0.3) is 0 Å². The van der Waals surface area contributed by atoms with Crippen LogP contribution >= 0.6 is 0 Å². The summed E-state index contributed by atoms with van der Waals surface area (Å²) in [7, 11) is 0. The van der Waals surface area contributed by atoms with Gasteiger partial charge < -0.3 is 10.0 Å². The third-order valence-electron chi connectivity index (χ3n) is 7.28. The topological polar surface area (TPSA) is 60.9 Å². The number of benzene rings is 1. The fourth-order valence-electron chi connectivity index (χ4n) is 5.05. The summed E-state index contributed by atoms with van der Waals surface area (Å²) in [5, 5.41) is 9.86. The van der Waals surface area contributed by atoms with Crippen molar-refractivity contribution in [3.8, 4) is 0 Å². The monoisotopic (exact) mass is 388 g/mol. The molecule has 2 heterocycles. The van der Waals surface area contributed by atoms with E-state index >= 15 is 0 Å². The molecule has 1 amide bonds. The molecule has 1 saturated carbocycles. The van der Waals surface area contributed by atoms with Gasteiger partial charge in [0.1, 0.15) is 5.82 Å². The largest absolute Gasteiger partial charge is 0.481 e. The Morgan fingerprint density at radius 3 is 2.46 bits per heavy atom. The number of carboxylic acid groups (broad SMARTS) is 1. The first kappa shape index (κ1) is 19.4. The van der Waals surface area contributed by atoms with Gasteiger partial charge in [-0.15, -0.1) is 0 Å². The first-order valence-corrected chi connectivity index (χ1v) is 10.2. The molecule has 4 rings (SSSR count). The van der Waals surface area contributed by atoms with Crippen molar-refractivity contribution in [1.82, 2.24) is 9.80 Å². The summed E-state index contributed by atoms with van der Waals surface area (Å²) in [6.45, 7) is 7.10. The summed E-state index contributed by atoms with van der Waals surface area (Å²) in [6.07, 6.45) is 3.42. The van der Waals surface area contributed by atoms with Crippen molar-refractivity contribution in [3.63, 3.8) is 0 Å². The highest BCUT2D eigenvalue weighted by molar-refractivity contribution is 5.85. The zero-order valence-corrected chi connectivity index (χ0v) is 16.7. The number of aliphatic carboxylic acids is 1. The van der Waals surface area contributed by atoms with Crippen molar-refractivity contribution < 1.29 is 19.1 Å². The van der Waals surface area contributed by atoms with E-state index in [9.17, 15) is 19.1 Å². The number of likely N-dealkylation sites (tertiary alicyclic amines) is 2. The van der Waals surface area contributed by atoms with Crippen molar-refractivity contribution >= 4 is 11.9 Å². The maximum Gasteiger partial charge on any atom is 0.308 e. The molecular weight excluding hydrogens is 359 g/mol. The Kier molecular flexibility index (Phi) is 4.73. The lowest BCUT2D eigenvalue weighted by Gasteiger charge is -2.42. The lowest BCUT2D eigenvalue weighted by molar-refractivity contribution is -0.147. The zero-order chi connectivity index (χ0) is 20.1. The molecule has 5 nitrogen and oxygen atoms in total. The minimum Gasteiger partial charge on any atom is -0.481 e. The molecule has 1 aromatic rings. The molecule has 1 N–H and O–H groups in total. The number of piperidine rings is 1. The number of aryl methyl sites for hydroxylation is 1. The van der Waals surface area contributed by atoms with Gasteiger partial charge in [0.25, 0.3) is 0 Å². The number of nitrogens with zero attached hydrogens (tertiary/aromatic N) is 2. The van der Waals surface area contributed by atoms with Crippen LogP contribution < -0.4 is 0 Å². The highest BCUT2D eigenvalue weighted by Crippen LogP contribution is 2.49. The lowest BCUT2D eigenvalue weighted by atomic mass is 9.70. The van der Waals surface area contributed by atoms with Crippen molar-refractivity contribution in [2.75, 3.05) is 26.2 Å². The summed E-state index contributed by atoms with van der Waals surface area (Å²) in [5.74, 6) is -1.16. The third kappa shape index (κ3) is 3.43. The molecule has 6 heteroatoms. The SMILES string of the molecule is Cc1cc(F)ccc1CN1CC(C(=O)O)C2(CCN(C(=O)C3(C)CC3)CC2)C1. The first-order chi connectivity index (χ1) is 13.2. The average Bonchev–Trinajstić information content (AvgIpc) is 3.30. The van der Waals surface area contributed by atoms with Gasteiger partial charge in [-0.1, -0.05) is 13.0 Å². The van der Waals surface area contributed by atoms with Crippen molar-refractivity contribution in [2.45, 2.75) is 46.1 Å². The molecule has 0 radical (unpaired) electrons. The number of carbonyl (C=O) groups excluding carboxylic acids is 1. The van der Waals surface area contributed by atoms with Crippen LogP contribution in [0, 0.1) is 29.5 Å². The second kappa shape index (κ2) is 6.83. The van der Waals surface area contributed by atoms with Crippen LogP contribution in [0.5, 0.6) is 0 Å².